The van der Waals surface area contributed by atoms with Gasteiger partial charge in [0.1, 0.15) is 5.82 Å². The molecule has 0 spiro atoms. The van der Waals surface area contributed by atoms with Gasteiger partial charge in [-0.15, -0.1) is 0 Å². The summed E-state index contributed by atoms with van der Waals surface area (Å²) in [5, 5.41) is 0. The lowest BCUT2D eigenvalue weighted by atomic mass is 9.93. The molecule has 0 amide bonds. The summed E-state index contributed by atoms with van der Waals surface area (Å²) < 4.78 is 13.3. The van der Waals surface area contributed by atoms with E-state index in [1.807, 2.05) is 12.1 Å². The Morgan fingerprint density at radius 1 is 1.41 bits per heavy atom. The number of rotatable bonds is 3. The van der Waals surface area contributed by atoms with Gasteiger partial charge >= 0.3 is 0 Å². The van der Waals surface area contributed by atoms with Crippen molar-refractivity contribution in [2.24, 2.45) is 11.1 Å². The van der Waals surface area contributed by atoms with Crippen molar-refractivity contribution in [3.05, 3.63) is 35.1 Å². The Morgan fingerprint density at radius 2 is 2.18 bits per heavy atom. The molecular weight excluding hydrogens is 215 g/mol. The molecule has 0 radical (unpaired) electrons. The van der Waals surface area contributed by atoms with Gasteiger partial charge in [0, 0.05) is 25.2 Å². The molecule has 2 N–H and O–H groups in total. The predicted octanol–water partition coefficient (Wildman–Crippen LogP) is 2.52. The van der Waals surface area contributed by atoms with E-state index >= 15 is 0 Å². The van der Waals surface area contributed by atoms with Gasteiger partial charge in [0.15, 0.2) is 0 Å². The Kier molecular flexibility index (Phi) is 3.50. The van der Waals surface area contributed by atoms with Crippen molar-refractivity contribution in [2.75, 3.05) is 13.1 Å². The highest BCUT2D eigenvalue weighted by Gasteiger charge is 2.28. The van der Waals surface area contributed by atoms with E-state index in [2.05, 4.69) is 18.7 Å². The summed E-state index contributed by atoms with van der Waals surface area (Å²) in [6, 6.07) is 5.28. The van der Waals surface area contributed by atoms with Crippen LogP contribution in [0.3, 0.4) is 0 Å². The second-order valence-electron chi connectivity index (χ2n) is 5.75. The zero-order valence-electron chi connectivity index (χ0n) is 10.7. The molecule has 1 aliphatic rings. The first-order valence-corrected chi connectivity index (χ1v) is 6.20. The van der Waals surface area contributed by atoms with Crippen molar-refractivity contribution in [3.63, 3.8) is 0 Å². The van der Waals surface area contributed by atoms with Crippen LogP contribution in [0.4, 0.5) is 4.39 Å². The summed E-state index contributed by atoms with van der Waals surface area (Å²) in [5.74, 6) is -0.196. The third-order valence-electron chi connectivity index (χ3n) is 3.49. The van der Waals surface area contributed by atoms with E-state index in [9.17, 15) is 4.39 Å². The van der Waals surface area contributed by atoms with Gasteiger partial charge in [-0.25, -0.2) is 4.39 Å². The monoisotopic (exact) mass is 236 g/mol. The second kappa shape index (κ2) is 4.75. The molecule has 0 unspecified atom stereocenters. The minimum Gasteiger partial charge on any atom is -0.326 e. The van der Waals surface area contributed by atoms with E-state index in [0.717, 1.165) is 25.2 Å². The summed E-state index contributed by atoms with van der Waals surface area (Å²) >= 11 is 0. The zero-order chi connectivity index (χ0) is 12.5. The zero-order valence-corrected chi connectivity index (χ0v) is 10.7. The predicted molar refractivity (Wildman–Crippen MR) is 68.0 cm³/mol. The van der Waals surface area contributed by atoms with Crippen LogP contribution in [-0.2, 0) is 13.1 Å². The lowest BCUT2D eigenvalue weighted by molar-refractivity contribution is 0.284. The Hall–Kier alpha value is -0.930. The number of likely N-dealkylation sites (tertiary alicyclic amines) is 1. The Balaban J connectivity index is 2.04. The van der Waals surface area contributed by atoms with Crippen molar-refractivity contribution in [3.8, 4) is 0 Å². The quantitative estimate of drug-likeness (QED) is 0.873. The maximum Gasteiger partial charge on any atom is 0.127 e. The van der Waals surface area contributed by atoms with Crippen LogP contribution in [0.5, 0.6) is 0 Å². The van der Waals surface area contributed by atoms with Crippen LogP contribution >= 0.6 is 0 Å². The molecule has 1 aromatic carbocycles. The molecule has 94 valence electrons. The minimum atomic E-state index is -0.196. The molecule has 0 aromatic heterocycles. The van der Waals surface area contributed by atoms with E-state index in [0.29, 0.717) is 11.0 Å². The number of halogens is 1. The highest BCUT2D eigenvalue weighted by Crippen LogP contribution is 2.29. The van der Waals surface area contributed by atoms with Crippen molar-refractivity contribution >= 4 is 0 Å². The van der Waals surface area contributed by atoms with Crippen molar-refractivity contribution in [1.82, 2.24) is 4.90 Å². The first kappa shape index (κ1) is 12.5. The van der Waals surface area contributed by atoms with Gasteiger partial charge in [0.05, 0.1) is 0 Å². The van der Waals surface area contributed by atoms with Crippen LogP contribution in [0.1, 0.15) is 31.4 Å². The normalized spacial score (nSPS) is 19.8. The van der Waals surface area contributed by atoms with E-state index in [-0.39, 0.29) is 12.4 Å². The van der Waals surface area contributed by atoms with Crippen LogP contribution in [-0.4, -0.2) is 18.0 Å². The highest BCUT2D eigenvalue weighted by atomic mass is 19.1. The molecule has 3 heteroatoms. The summed E-state index contributed by atoms with van der Waals surface area (Å²) in [7, 11) is 0. The largest absolute Gasteiger partial charge is 0.326 e. The molecule has 0 aliphatic carbocycles. The lowest BCUT2D eigenvalue weighted by Gasteiger charge is -2.20. The molecule has 1 aromatic rings. The molecular formula is C14H21FN2. The summed E-state index contributed by atoms with van der Waals surface area (Å²) in [6.45, 7) is 8.00. The number of hydrogen-bond acceptors (Lipinski definition) is 2. The Morgan fingerprint density at radius 3 is 2.76 bits per heavy atom. The van der Waals surface area contributed by atoms with Crippen molar-refractivity contribution < 1.29 is 4.39 Å². The molecule has 0 saturated carbocycles. The molecule has 0 bridgehead atoms. The minimum absolute atomic E-state index is 0.196. The second-order valence-corrected chi connectivity index (χ2v) is 5.75. The topological polar surface area (TPSA) is 29.3 Å². The fourth-order valence-electron chi connectivity index (χ4n) is 2.50. The molecule has 1 saturated heterocycles. The molecule has 2 rings (SSSR count). The average molecular weight is 236 g/mol. The SMILES string of the molecule is CC1(C)CCN(Cc2ccc(F)c(CN)c2)C1. The average Bonchev–Trinajstić information content (AvgIpc) is 2.61. The maximum absolute atomic E-state index is 13.3. The van der Waals surface area contributed by atoms with Gasteiger partial charge in [-0.2, -0.15) is 0 Å². The maximum atomic E-state index is 13.3. The van der Waals surface area contributed by atoms with Crippen LogP contribution in [0, 0.1) is 11.2 Å². The Bertz CT molecular complexity index is 401. The lowest BCUT2D eigenvalue weighted by Crippen LogP contribution is -2.23. The van der Waals surface area contributed by atoms with E-state index in [1.165, 1.54) is 12.5 Å². The third kappa shape index (κ3) is 3.05. The molecule has 1 heterocycles. The van der Waals surface area contributed by atoms with Crippen LogP contribution < -0.4 is 5.73 Å². The smallest absolute Gasteiger partial charge is 0.127 e. The Labute approximate surface area is 103 Å². The standard InChI is InChI=1S/C14H21FN2/c1-14(2)5-6-17(10-14)9-11-3-4-13(15)12(7-11)8-16/h3-4,7H,5-6,8-10,16H2,1-2H3. The third-order valence-corrected chi connectivity index (χ3v) is 3.49. The molecule has 2 nitrogen and oxygen atoms in total. The number of nitrogens with two attached hydrogens (primary N) is 1. The highest BCUT2D eigenvalue weighted by molar-refractivity contribution is 5.25. The van der Waals surface area contributed by atoms with Crippen LogP contribution in [0.15, 0.2) is 18.2 Å². The molecule has 17 heavy (non-hydrogen) atoms. The number of benzene rings is 1. The van der Waals surface area contributed by atoms with Crippen LogP contribution in [0.25, 0.3) is 0 Å². The summed E-state index contributed by atoms with van der Waals surface area (Å²) in [4.78, 5) is 2.42. The van der Waals surface area contributed by atoms with Gasteiger partial charge in [0.25, 0.3) is 0 Å². The summed E-state index contributed by atoms with van der Waals surface area (Å²) in [6.07, 6.45) is 1.23. The van der Waals surface area contributed by atoms with Gasteiger partial charge < -0.3 is 5.73 Å². The first-order chi connectivity index (χ1) is 8.00. The van der Waals surface area contributed by atoms with Gasteiger partial charge in [-0.05, 0) is 30.0 Å². The van der Waals surface area contributed by atoms with E-state index in [1.54, 1.807) is 0 Å². The summed E-state index contributed by atoms with van der Waals surface area (Å²) in [5.41, 5.74) is 7.70. The van der Waals surface area contributed by atoms with Crippen molar-refractivity contribution in [1.29, 1.82) is 0 Å². The fraction of sp³-hybridized carbons (Fsp3) is 0.571. The molecule has 1 aliphatic heterocycles. The first-order valence-electron chi connectivity index (χ1n) is 6.20. The van der Waals surface area contributed by atoms with E-state index in [4.69, 9.17) is 5.73 Å². The van der Waals surface area contributed by atoms with Gasteiger partial charge in [-0.3, -0.25) is 4.90 Å². The van der Waals surface area contributed by atoms with Gasteiger partial charge in [-0.1, -0.05) is 26.0 Å². The van der Waals surface area contributed by atoms with E-state index < -0.39 is 0 Å². The molecule has 1 fully saturated rings. The molecule has 0 atom stereocenters. The number of hydrogen-bond donors (Lipinski definition) is 1. The number of nitrogens with zero attached hydrogens (tertiary/aromatic N) is 1. The van der Waals surface area contributed by atoms with Gasteiger partial charge in [0.2, 0.25) is 0 Å². The van der Waals surface area contributed by atoms with Crippen molar-refractivity contribution in [2.45, 2.75) is 33.4 Å². The fourth-order valence-corrected chi connectivity index (χ4v) is 2.50. The van der Waals surface area contributed by atoms with Crippen LogP contribution in [0.2, 0.25) is 0 Å².